The molecule has 0 radical (unpaired) electrons. The fourth-order valence-corrected chi connectivity index (χ4v) is 2.30. The van der Waals surface area contributed by atoms with Crippen LogP contribution in [0.4, 0.5) is 10.6 Å². The predicted octanol–water partition coefficient (Wildman–Crippen LogP) is 3.97. The van der Waals surface area contributed by atoms with Gasteiger partial charge in [0.25, 0.3) is 0 Å². The van der Waals surface area contributed by atoms with E-state index in [0.717, 1.165) is 18.4 Å². The van der Waals surface area contributed by atoms with E-state index in [2.05, 4.69) is 39.4 Å². The molecular weight excluding hydrogens is 314 g/mol. The molecule has 2 N–H and O–H groups in total. The van der Waals surface area contributed by atoms with Gasteiger partial charge in [-0.15, -0.1) is 0 Å². The molecule has 0 atom stereocenters. The van der Waals surface area contributed by atoms with E-state index in [1.807, 2.05) is 27.0 Å². The number of urea groups is 1. The number of fused-ring (bicyclic) bond motifs is 1. The molecule has 6 nitrogen and oxygen atoms in total. The van der Waals surface area contributed by atoms with Crippen LogP contribution in [0.5, 0.6) is 0 Å². The highest BCUT2D eigenvalue weighted by Crippen LogP contribution is 2.09. The lowest BCUT2D eigenvalue weighted by molar-refractivity contribution is 0.243. The molecule has 0 aliphatic heterocycles. The monoisotopic (exact) mass is 341 g/mol. The Labute approximate surface area is 149 Å². The van der Waals surface area contributed by atoms with Gasteiger partial charge < -0.3 is 5.32 Å². The predicted molar refractivity (Wildman–Crippen MR) is 101 cm³/mol. The number of amides is 2. The third-order valence-electron chi connectivity index (χ3n) is 3.43. The first-order chi connectivity index (χ1) is 11.9. The lowest BCUT2D eigenvalue weighted by Gasteiger charge is -2.20. The van der Waals surface area contributed by atoms with Gasteiger partial charge in [-0.3, -0.25) is 9.72 Å². The molecule has 6 heteroatoms. The van der Waals surface area contributed by atoms with Crippen LogP contribution in [0, 0.1) is 11.8 Å². The van der Waals surface area contributed by atoms with Gasteiger partial charge in [-0.2, -0.15) is 4.98 Å². The Balaban J connectivity index is 1.99. The topological polar surface area (TPSA) is 71.3 Å². The summed E-state index contributed by atoms with van der Waals surface area (Å²) in [6.45, 7) is 7.97. The van der Waals surface area contributed by atoms with Gasteiger partial charge >= 0.3 is 6.03 Å². The SMILES string of the molecule is CCCCCCC#Cc1cnc2nc(NC(=O)NC(C)(C)C)cn2c1. The third kappa shape index (κ3) is 6.46. The summed E-state index contributed by atoms with van der Waals surface area (Å²) in [5.74, 6) is 7.31. The quantitative estimate of drug-likeness (QED) is 0.638. The molecule has 0 spiro atoms. The fraction of sp³-hybridized carbons (Fsp3) is 0.526. The van der Waals surface area contributed by atoms with E-state index < -0.39 is 0 Å². The van der Waals surface area contributed by atoms with Crippen LogP contribution in [0.1, 0.15) is 65.4 Å². The molecule has 0 aliphatic carbocycles. The third-order valence-corrected chi connectivity index (χ3v) is 3.43. The lowest BCUT2D eigenvalue weighted by Crippen LogP contribution is -2.43. The Morgan fingerprint density at radius 1 is 1.24 bits per heavy atom. The van der Waals surface area contributed by atoms with Gasteiger partial charge in [-0.25, -0.2) is 9.78 Å². The minimum absolute atomic E-state index is 0.289. The lowest BCUT2D eigenvalue weighted by atomic mass is 10.1. The van der Waals surface area contributed by atoms with Crippen LogP contribution in [0.25, 0.3) is 5.78 Å². The molecule has 0 aromatic carbocycles. The van der Waals surface area contributed by atoms with Crippen molar-refractivity contribution >= 4 is 17.6 Å². The molecule has 0 fully saturated rings. The smallest absolute Gasteiger partial charge is 0.320 e. The van der Waals surface area contributed by atoms with Crippen molar-refractivity contribution in [2.75, 3.05) is 5.32 Å². The molecule has 0 aliphatic rings. The van der Waals surface area contributed by atoms with E-state index in [-0.39, 0.29) is 11.6 Å². The van der Waals surface area contributed by atoms with E-state index in [1.54, 1.807) is 16.8 Å². The Morgan fingerprint density at radius 2 is 2.04 bits per heavy atom. The van der Waals surface area contributed by atoms with Gasteiger partial charge in [-0.1, -0.05) is 38.0 Å². The number of unbranched alkanes of at least 4 members (excludes halogenated alkanes) is 4. The minimum atomic E-state index is -0.304. The summed E-state index contributed by atoms with van der Waals surface area (Å²) in [7, 11) is 0. The van der Waals surface area contributed by atoms with Crippen molar-refractivity contribution in [2.24, 2.45) is 0 Å². The standard InChI is InChI=1S/C19H27N5O/c1-5-6-7-8-9-10-11-15-12-20-17-21-16(14-24(17)13-15)22-18(25)23-19(2,3)4/h12-14H,5-9H2,1-4H3,(H2,22,23,25). The number of carbonyl (C=O) groups excluding carboxylic acids is 1. The van der Waals surface area contributed by atoms with Crippen LogP contribution in [0.3, 0.4) is 0 Å². The van der Waals surface area contributed by atoms with Crippen LogP contribution >= 0.6 is 0 Å². The summed E-state index contributed by atoms with van der Waals surface area (Å²) in [4.78, 5) is 20.5. The zero-order chi connectivity index (χ0) is 18.3. The van der Waals surface area contributed by atoms with Crippen LogP contribution in [-0.4, -0.2) is 25.9 Å². The van der Waals surface area contributed by atoms with Crippen LogP contribution in [0.2, 0.25) is 0 Å². The van der Waals surface area contributed by atoms with Crippen LogP contribution < -0.4 is 10.6 Å². The fourth-order valence-electron chi connectivity index (χ4n) is 2.30. The summed E-state index contributed by atoms with van der Waals surface area (Å²) in [5.41, 5.74) is 0.535. The maximum atomic E-state index is 11.9. The highest BCUT2D eigenvalue weighted by atomic mass is 16.2. The largest absolute Gasteiger partial charge is 0.333 e. The maximum absolute atomic E-state index is 11.9. The molecule has 25 heavy (non-hydrogen) atoms. The Kier molecular flexibility index (Phi) is 6.40. The van der Waals surface area contributed by atoms with Gasteiger partial charge in [0.15, 0.2) is 5.82 Å². The summed E-state index contributed by atoms with van der Waals surface area (Å²) >= 11 is 0. The summed E-state index contributed by atoms with van der Waals surface area (Å²) in [6.07, 6.45) is 11.1. The van der Waals surface area contributed by atoms with Crippen molar-refractivity contribution in [2.45, 2.75) is 65.3 Å². The summed E-state index contributed by atoms with van der Waals surface area (Å²) in [5, 5.41) is 5.55. The van der Waals surface area contributed by atoms with E-state index in [1.165, 1.54) is 19.3 Å². The maximum Gasteiger partial charge on any atom is 0.320 e. The summed E-state index contributed by atoms with van der Waals surface area (Å²) < 4.78 is 1.77. The van der Waals surface area contributed by atoms with Crippen molar-refractivity contribution in [1.29, 1.82) is 0 Å². The number of anilines is 1. The first-order valence-corrected chi connectivity index (χ1v) is 8.80. The van der Waals surface area contributed by atoms with E-state index in [9.17, 15) is 4.79 Å². The molecule has 134 valence electrons. The molecule has 0 unspecified atom stereocenters. The van der Waals surface area contributed by atoms with Gasteiger partial charge in [0, 0.05) is 24.4 Å². The van der Waals surface area contributed by atoms with Crippen molar-refractivity contribution in [3.8, 4) is 11.8 Å². The number of imidazole rings is 1. The first kappa shape index (κ1) is 18.8. The zero-order valence-corrected chi connectivity index (χ0v) is 15.5. The molecule has 0 saturated heterocycles. The molecule has 2 heterocycles. The molecule has 2 amide bonds. The van der Waals surface area contributed by atoms with Crippen molar-refractivity contribution < 1.29 is 4.79 Å². The second-order valence-corrected chi connectivity index (χ2v) is 7.12. The summed E-state index contributed by atoms with van der Waals surface area (Å²) in [6, 6.07) is -0.289. The number of nitrogens with one attached hydrogen (secondary N) is 2. The van der Waals surface area contributed by atoms with E-state index in [0.29, 0.717) is 11.6 Å². The molecule has 0 bridgehead atoms. The number of aromatic nitrogens is 3. The Bertz CT molecular complexity index is 776. The van der Waals surface area contributed by atoms with Crippen LogP contribution in [0.15, 0.2) is 18.6 Å². The van der Waals surface area contributed by atoms with Crippen LogP contribution in [-0.2, 0) is 0 Å². The first-order valence-electron chi connectivity index (χ1n) is 8.80. The number of rotatable bonds is 5. The minimum Gasteiger partial charge on any atom is -0.333 e. The van der Waals surface area contributed by atoms with Crippen molar-refractivity contribution in [3.05, 3.63) is 24.2 Å². The number of hydrogen-bond donors (Lipinski definition) is 2. The second kappa shape index (κ2) is 8.52. The van der Waals surface area contributed by atoms with Gasteiger partial charge in [0.2, 0.25) is 5.78 Å². The molecule has 0 saturated carbocycles. The average molecular weight is 341 g/mol. The van der Waals surface area contributed by atoms with Crippen molar-refractivity contribution in [1.82, 2.24) is 19.7 Å². The van der Waals surface area contributed by atoms with Gasteiger partial charge in [-0.05, 0) is 27.2 Å². The number of nitrogens with zero attached hydrogens (tertiary/aromatic N) is 3. The highest BCUT2D eigenvalue weighted by molar-refractivity contribution is 5.88. The van der Waals surface area contributed by atoms with E-state index >= 15 is 0 Å². The molecule has 2 rings (SSSR count). The Hall–Kier alpha value is -2.55. The van der Waals surface area contributed by atoms with Gasteiger partial charge in [0.1, 0.15) is 0 Å². The highest BCUT2D eigenvalue weighted by Gasteiger charge is 2.14. The number of hydrogen-bond acceptors (Lipinski definition) is 3. The van der Waals surface area contributed by atoms with E-state index in [4.69, 9.17) is 0 Å². The molecule has 2 aromatic rings. The Morgan fingerprint density at radius 3 is 2.76 bits per heavy atom. The zero-order valence-electron chi connectivity index (χ0n) is 15.5. The molecular formula is C19H27N5O. The average Bonchev–Trinajstić information content (AvgIpc) is 2.90. The van der Waals surface area contributed by atoms with Gasteiger partial charge in [0.05, 0.1) is 11.8 Å². The van der Waals surface area contributed by atoms with Crippen molar-refractivity contribution in [3.63, 3.8) is 0 Å². The normalized spacial score (nSPS) is 11.0. The molecule has 2 aromatic heterocycles. The number of carbonyl (C=O) groups is 1. The second-order valence-electron chi connectivity index (χ2n) is 7.12.